The maximum atomic E-state index is 12.8. The van der Waals surface area contributed by atoms with E-state index in [1.165, 1.54) is 23.8 Å². The van der Waals surface area contributed by atoms with E-state index in [2.05, 4.69) is 24.1 Å². The van der Waals surface area contributed by atoms with Crippen molar-refractivity contribution in [1.82, 2.24) is 10.3 Å². The fraction of sp³-hybridized carbons (Fsp3) is 0.583. The predicted molar refractivity (Wildman–Crippen MR) is 68.1 cm³/mol. The molecule has 1 atom stereocenters. The van der Waals surface area contributed by atoms with Crippen molar-refractivity contribution in [3.05, 3.63) is 29.8 Å². The topological polar surface area (TPSA) is 24.9 Å². The molecule has 0 bridgehead atoms. The Bertz CT molecular complexity index is 307. The number of nitrogens with one attached hydrogen (secondary N) is 1. The van der Waals surface area contributed by atoms with Gasteiger partial charge in [0.25, 0.3) is 0 Å². The quantitative estimate of drug-likeness (QED) is 0.744. The fourth-order valence-electron chi connectivity index (χ4n) is 1.35. The Kier molecular flexibility index (Phi) is 6.42. The number of pyridine rings is 1. The van der Waals surface area contributed by atoms with Gasteiger partial charge in [-0.1, -0.05) is 6.92 Å². The molecule has 0 aliphatic rings. The highest BCUT2D eigenvalue weighted by Gasteiger charge is 2.02. The minimum absolute atomic E-state index is 0.270. The molecule has 0 aliphatic carbocycles. The number of hydrogen-bond acceptors (Lipinski definition) is 3. The van der Waals surface area contributed by atoms with Crippen LogP contribution in [0.2, 0.25) is 0 Å². The summed E-state index contributed by atoms with van der Waals surface area (Å²) in [6.07, 6.45) is 4.07. The Balaban J connectivity index is 2.23. The van der Waals surface area contributed by atoms with Gasteiger partial charge in [0.2, 0.25) is 0 Å². The third-order valence-electron chi connectivity index (χ3n) is 2.32. The van der Waals surface area contributed by atoms with Crippen LogP contribution in [0.3, 0.4) is 0 Å². The molecule has 0 aliphatic heterocycles. The first-order valence-corrected chi connectivity index (χ1v) is 6.78. The number of thioether (sulfide) groups is 1. The van der Waals surface area contributed by atoms with Crippen molar-refractivity contribution in [3.8, 4) is 0 Å². The zero-order valence-electron chi connectivity index (χ0n) is 9.87. The summed E-state index contributed by atoms with van der Waals surface area (Å²) >= 11 is 1.95. The summed E-state index contributed by atoms with van der Waals surface area (Å²) in [5.74, 6) is 2.07. The van der Waals surface area contributed by atoms with Crippen molar-refractivity contribution in [2.45, 2.75) is 32.9 Å². The van der Waals surface area contributed by atoms with E-state index in [4.69, 9.17) is 0 Å². The average molecular weight is 242 g/mol. The van der Waals surface area contributed by atoms with E-state index in [9.17, 15) is 4.39 Å². The van der Waals surface area contributed by atoms with Gasteiger partial charge < -0.3 is 5.32 Å². The minimum atomic E-state index is -0.270. The molecule has 0 fully saturated rings. The molecule has 4 heteroatoms. The van der Waals surface area contributed by atoms with E-state index in [1.807, 2.05) is 11.8 Å². The van der Waals surface area contributed by atoms with Crippen molar-refractivity contribution in [3.63, 3.8) is 0 Å². The molecule has 2 nitrogen and oxygen atoms in total. The van der Waals surface area contributed by atoms with Gasteiger partial charge in [0.05, 0.1) is 6.20 Å². The zero-order chi connectivity index (χ0) is 11.8. The fourth-order valence-corrected chi connectivity index (χ4v) is 2.16. The lowest BCUT2D eigenvalue weighted by Gasteiger charge is -2.13. The lowest BCUT2D eigenvalue weighted by atomic mass is 10.2. The number of halogens is 1. The third-order valence-corrected chi connectivity index (χ3v) is 3.25. The summed E-state index contributed by atoms with van der Waals surface area (Å²) in [4.78, 5) is 3.82. The molecule has 1 unspecified atom stereocenters. The molecule has 0 saturated carbocycles. The Morgan fingerprint density at radius 1 is 1.50 bits per heavy atom. The summed E-state index contributed by atoms with van der Waals surface area (Å²) in [5.41, 5.74) is 0.898. The normalized spacial score (nSPS) is 12.7. The van der Waals surface area contributed by atoms with E-state index in [-0.39, 0.29) is 5.82 Å². The van der Waals surface area contributed by atoms with Crippen LogP contribution >= 0.6 is 11.8 Å². The summed E-state index contributed by atoms with van der Waals surface area (Å²) < 4.78 is 12.8. The lowest BCUT2D eigenvalue weighted by Crippen LogP contribution is -2.26. The molecule has 0 spiro atoms. The summed E-state index contributed by atoms with van der Waals surface area (Å²) in [5, 5.41) is 3.37. The van der Waals surface area contributed by atoms with Gasteiger partial charge in [-0.15, -0.1) is 0 Å². The summed E-state index contributed by atoms with van der Waals surface area (Å²) in [6, 6.07) is 1.98. The molecule has 1 N–H and O–H groups in total. The molecule has 1 rings (SSSR count). The maximum Gasteiger partial charge on any atom is 0.141 e. The molecule has 1 aromatic rings. The van der Waals surface area contributed by atoms with Crippen molar-refractivity contribution < 1.29 is 4.39 Å². The van der Waals surface area contributed by atoms with Gasteiger partial charge in [-0.25, -0.2) is 4.39 Å². The van der Waals surface area contributed by atoms with E-state index >= 15 is 0 Å². The van der Waals surface area contributed by atoms with Crippen LogP contribution in [0.15, 0.2) is 18.5 Å². The number of nitrogens with zero attached hydrogens (tertiary/aromatic N) is 1. The number of hydrogen-bond donors (Lipinski definition) is 1. The monoisotopic (exact) mass is 242 g/mol. The Hall–Kier alpha value is -0.610. The first kappa shape index (κ1) is 13.5. The van der Waals surface area contributed by atoms with Gasteiger partial charge in [0.15, 0.2) is 0 Å². The lowest BCUT2D eigenvalue weighted by molar-refractivity contribution is 0.533. The highest BCUT2D eigenvalue weighted by molar-refractivity contribution is 7.99. The smallest absolute Gasteiger partial charge is 0.141 e. The van der Waals surface area contributed by atoms with Crippen LogP contribution in [0.25, 0.3) is 0 Å². The van der Waals surface area contributed by atoms with E-state index < -0.39 is 0 Å². The first-order chi connectivity index (χ1) is 7.72. The van der Waals surface area contributed by atoms with Crippen LogP contribution in [-0.2, 0) is 6.54 Å². The van der Waals surface area contributed by atoms with Crippen LogP contribution in [0.5, 0.6) is 0 Å². The standard InChI is InChI=1S/C12H19FN2S/c1-3-16-5-4-10(2)15-8-11-6-12(13)9-14-7-11/h6-7,9-10,15H,3-5,8H2,1-2H3. The van der Waals surface area contributed by atoms with Crippen LogP contribution < -0.4 is 5.32 Å². The summed E-state index contributed by atoms with van der Waals surface area (Å²) in [6.45, 7) is 5.01. The molecule has 0 saturated heterocycles. The average Bonchev–Trinajstić information content (AvgIpc) is 2.27. The van der Waals surface area contributed by atoms with Gasteiger partial charge >= 0.3 is 0 Å². The molecular formula is C12H19FN2S. The largest absolute Gasteiger partial charge is 0.310 e. The highest BCUT2D eigenvalue weighted by atomic mass is 32.2. The second kappa shape index (κ2) is 7.63. The first-order valence-electron chi connectivity index (χ1n) is 5.63. The molecule has 90 valence electrons. The summed E-state index contributed by atoms with van der Waals surface area (Å²) in [7, 11) is 0. The van der Waals surface area contributed by atoms with Crippen LogP contribution in [0.4, 0.5) is 4.39 Å². The minimum Gasteiger partial charge on any atom is -0.310 e. The maximum absolute atomic E-state index is 12.8. The van der Waals surface area contributed by atoms with Gasteiger partial charge in [0, 0.05) is 18.8 Å². The molecule has 1 heterocycles. The third kappa shape index (κ3) is 5.47. The van der Waals surface area contributed by atoms with Crippen molar-refractivity contribution in [2.24, 2.45) is 0 Å². The second-order valence-corrected chi connectivity index (χ2v) is 5.17. The van der Waals surface area contributed by atoms with Gasteiger partial charge in [-0.2, -0.15) is 11.8 Å². The second-order valence-electron chi connectivity index (χ2n) is 3.78. The van der Waals surface area contributed by atoms with E-state index in [1.54, 1.807) is 6.20 Å². The number of aromatic nitrogens is 1. The molecular weight excluding hydrogens is 223 g/mol. The zero-order valence-corrected chi connectivity index (χ0v) is 10.7. The van der Waals surface area contributed by atoms with Crippen molar-refractivity contribution >= 4 is 11.8 Å². The van der Waals surface area contributed by atoms with Crippen molar-refractivity contribution in [2.75, 3.05) is 11.5 Å². The van der Waals surface area contributed by atoms with Crippen molar-refractivity contribution in [1.29, 1.82) is 0 Å². The van der Waals surface area contributed by atoms with E-state index in [0.29, 0.717) is 12.6 Å². The number of rotatable bonds is 7. The molecule has 0 aromatic carbocycles. The highest BCUT2D eigenvalue weighted by Crippen LogP contribution is 2.05. The van der Waals surface area contributed by atoms with Crippen LogP contribution in [0, 0.1) is 5.82 Å². The van der Waals surface area contributed by atoms with Gasteiger partial charge in [0.1, 0.15) is 5.82 Å². The molecule has 16 heavy (non-hydrogen) atoms. The van der Waals surface area contributed by atoms with Gasteiger partial charge in [-0.3, -0.25) is 4.98 Å². The molecule has 0 radical (unpaired) electrons. The van der Waals surface area contributed by atoms with Gasteiger partial charge in [-0.05, 0) is 36.5 Å². The molecule has 0 amide bonds. The Labute approximate surface area is 101 Å². The molecule has 1 aromatic heterocycles. The van der Waals surface area contributed by atoms with Crippen LogP contribution in [-0.4, -0.2) is 22.5 Å². The van der Waals surface area contributed by atoms with E-state index in [0.717, 1.165) is 12.0 Å². The Morgan fingerprint density at radius 2 is 2.31 bits per heavy atom. The predicted octanol–water partition coefficient (Wildman–Crippen LogP) is 2.84. The Morgan fingerprint density at radius 3 is 3.00 bits per heavy atom. The van der Waals surface area contributed by atoms with Crippen LogP contribution in [0.1, 0.15) is 25.8 Å². The SMILES string of the molecule is CCSCCC(C)NCc1cncc(F)c1.